The zero-order valence-corrected chi connectivity index (χ0v) is 36.6. The molecule has 0 bridgehead atoms. The van der Waals surface area contributed by atoms with Crippen molar-refractivity contribution in [3.8, 4) is 0 Å². The molecule has 3 atom stereocenters. The quantitative estimate of drug-likeness (QED) is 0.0365. The molecule has 0 aromatic rings. The first-order valence-electron chi connectivity index (χ1n) is 22.7. The van der Waals surface area contributed by atoms with E-state index in [4.69, 9.17) is 18.9 Å². The normalized spacial score (nSPS) is 13.0. The maximum absolute atomic E-state index is 12.5. The van der Waals surface area contributed by atoms with Crippen LogP contribution in [0.1, 0.15) is 207 Å². The zero-order chi connectivity index (χ0) is 40.8. The van der Waals surface area contributed by atoms with E-state index in [1.165, 1.54) is 64.2 Å². The van der Waals surface area contributed by atoms with Gasteiger partial charge in [0.2, 0.25) is 0 Å². The Morgan fingerprint density at radius 3 is 1.40 bits per heavy atom. The number of unbranched alkanes of at least 4 members (excludes halogenated alkanes) is 16. The third-order valence-electron chi connectivity index (χ3n) is 10.1. The first kappa shape index (κ1) is 52.8. The summed E-state index contributed by atoms with van der Waals surface area (Å²) in [6.07, 6.45) is 26.3. The predicted octanol–water partition coefficient (Wildman–Crippen LogP) is 10.4. The van der Waals surface area contributed by atoms with Gasteiger partial charge in [-0.1, -0.05) is 111 Å². The van der Waals surface area contributed by atoms with Crippen molar-refractivity contribution < 1.29 is 38.1 Å². The van der Waals surface area contributed by atoms with Gasteiger partial charge in [-0.2, -0.15) is 0 Å². The predicted molar refractivity (Wildman–Crippen MR) is 224 cm³/mol. The minimum Gasteiger partial charge on any atom is -0.464 e. The van der Waals surface area contributed by atoms with E-state index >= 15 is 0 Å². The van der Waals surface area contributed by atoms with Crippen LogP contribution in [0.25, 0.3) is 0 Å². The molecule has 3 unspecified atom stereocenters. The molecule has 0 heterocycles. The Kier molecular flexibility index (Phi) is 37.1. The van der Waals surface area contributed by atoms with Crippen molar-refractivity contribution in [3.05, 3.63) is 0 Å². The molecular weight excluding hydrogens is 697 g/mol. The Morgan fingerprint density at radius 2 is 0.927 bits per heavy atom. The topological polar surface area (TPSA) is 120 Å². The Labute approximate surface area is 337 Å². The molecule has 324 valence electrons. The summed E-state index contributed by atoms with van der Waals surface area (Å²) in [5.41, 5.74) is 0. The molecule has 0 aromatic carbocycles. The van der Waals surface area contributed by atoms with Crippen LogP contribution >= 0.6 is 0 Å². The monoisotopic (exact) mass is 783 g/mol. The van der Waals surface area contributed by atoms with Gasteiger partial charge in [0.05, 0.1) is 12.1 Å². The third-order valence-corrected chi connectivity index (χ3v) is 10.1. The van der Waals surface area contributed by atoms with Crippen LogP contribution in [0, 0.1) is 0 Å². The van der Waals surface area contributed by atoms with Crippen molar-refractivity contribution in [1.82, 2.24) is 10.2 Å². The molecule has 0 aliphatic rings. The third kappa shape index (κ3) is 37.2. The van der Waals surface area contributed by atoms with Crippen molar-refractivity contribution in [1.29, 1.82) is 0 Å². The average Bonchev–Trinajstić information content (AvgIpc) is 3.15. The first-order chi connectivity index (χ1) is 26.6. The summed E-state index contributed by atoms with van der Waals surface area (Å²) >= 11 is 0. The molecule has 0 fully saturated rings. The van der Waals surface area contributed by atoms with Crippen molar-refractivity contribution >= 4 is 23.9 Å². The van der Waals surface area contributed by atoms with Crippen LogP contribution in [0.2, 0.25) is 0 Å². The van der Waals surface area contributed by atoms with Crippen LogP contribution in [0.4, 0.5) is 0 Å². The summed E-state index contributed by atoms with van der Waals surface area (Å²) in [6.45, 7) is 10.4. The van der Waals surface area contributed by atoms with E-state index in [1.54, 1.807) is 0 Å². The maximum atomic E-state index is 12.5. The lowest BCUT2D eigenvalue weighted by Crippen LogP contribution is -2.40. The minimum absolute atomic E-state index is 0.0246. The van der Waals surface area contributed by atoms with Gasteiger partial charge in [-0.05, 0) is 98.3 Å². The molecule has 10 heteroatoms. The molecule has 1 N–H and O–H groups in total. The number of esters is 4. The van der Waals surface area contributed by atoms with Crippen molar-refractivity contribution in [2.45, 2.75) is 226 Å². The van der Waals surface area contributed by atoms with Gasteiger partial charge in [-0.3, -0.25) is 19.2 Å². The average molecular weight is 783 g/mol. The van der Waals surface area contributed by atoms with Gasteiger partial charge in [-0.15, -0.1) is 0 Å². The molecular formula is C45H86N2O8. The number of hydrogen-bond acceptors (Lipinski definition) is 10. The van der Waals surface area contributed by atoms with Gasteiger partial charge in [0.15, 0.2) is 0 Å². The number of ether oxygens (including phenoxy) is 4. The second-order valence-electron chi connectivity index (χ2n) is 15.9. The number of carbonyl (C=O) groups is 4. The van der Waals surface area contributed by atoms with Gasteiger partial charge >= 0.3 is 23.9 Å². The molecule has 0 amide bonds. The molecule has 0 radical (unpaired) electrons. The second-order valence-corrected chi connectivity index (χ2v) is 15.9. The van der Waals surface area contributed by atoms with E-state index in [1.807, 2.05) is 21.0 Å². The molecule has 0 saturated carbocycles. The Bertz CT molecular complexity index is 931. The fourth-order valence-corrected chi connectivity index (χ4v) is 6.48. The number of nitrogens with one attached hydrogen (secondary N) is 1. The summed E-state index contributed by atoms with van der Waals surface area (Å²) in [5, 5.41) is 3.38. The zero-order valence-electron chi connectivity index (χ0n) is 36.6. The van der Waals surface area contributed by atoms with E-state index in [2.05, 4.69) is 31.0 Å². The SMILES string of the molecule is CCCCCCCCC(C)OC(=O)CCCCCCC(=O)OCC(COC(=O)CCCCCCC(=O)OC(CC)CCCCCCCC)NCCCN(C)C. The van der Waals surface area contributed by atoms with Crippen LogP contribution in [-0.2, 0) is 38.1 Å². The summed E-state index contributed by atoms with van der Waals surface area (Å²) in [6, 6.07) is -0.274. The molecule has 0 saturated heterocycles. The highest BCUT2D eigenvalue weighted by molar-refractivity contribution is 5.70. The van der Waals surface area contributed by atoms with Crippen LogP contribution < -0.4 is 5.32 Å². The molecule has 0 rings (SSSR count). The van der Waals surface area contributed by atoms with Gasteiger partial charge < -0.3 is 29.2 Å². The maximum Gasteiger partial charge on any atom is 0.306 e. The standard InChI is InChI=1S/C45H86N2O8/c1-7-10-12-14-16-22-29-39(4)54-44(50)33-26-20-18-24-31-42(48)52-37-40(46-35-28-36-47(5)6)38-53-43(49)32-25-19-21-27-34-45(51)55-41(9-3)30-23-17-15-13-11-8-2/h39-41,46H,7-38H2,1-6H3. The Balaban J connectivity index is 4.21. The highest BCUT2D eigenvalue weighted by Gasteiger charge is 2.16. The molecule has 0 spiro atoms. The second kappa shape index (κ2) is 38.7. The van der Waals surface area contributed by atoms with Crippen LogP contribution in [0.5, 0.6) is 0 Å². The summed E-state index contributed by atoms with van der Waals surface area (Å²) in [7, 11) is 4.05. The van der Waals surface area contributed by atoms with E-state index in [0.29, 0.717) is 38.5 Å². The van der Waals surface area contributed by atoms with Gasteiger partial charge in [0.25, 0.3) is 0 Å². The van der Waals surface area contributed by atoms with E-state index in [9.17, 15) is 19.2 Å². The summed E-state index contributed by atoms with van der Waals surface area (Å²) in [4.78, 5) is 51.6. The Morgan fingerprint density at radius 1 is 0.509 bits per heavy atom. The van der Waals surface area contributed by atoms with Gasteiger partial charge in [0.1, 0.15) is 19.3 Å². The summed E-state index contributed by atoms with van der Waals surface area (Å²) in [5.74, 6) is -0.764. The molecule has 55 heavy (non-hydrogen) atoms. The van der Waals surface area contributed by atoms with E-state index in [0.717, 1.165) is 90.1 Å². The number of hydrogen-bond donors (Lipinski definition) is 1. The Hall–Kier alpha value is -2.20. The minimum atomic E-state index is -0.274. The number of rotatable bonds is 40. The van der Waals surface area contributed by atoms with Gasteiger partial charge in [-0.25, -0.2) is 0 Å². The molecule has 0 aliphatic carbocycles. The first-order valence-corrected chi connectivity index (χ1v) is 22.7. The molecule has 0 aliphatic heterocycles. The number of nitrogens with zero attached hydrogens (tertiary/aromatic N) is 1. The summed E-state index contributed by atoms with van der Waals surface area (Å²) < 4.78 is 22.4. The van der Waals surface area contributed by atoms with Crippen LogP contribution in [0.3, 0.4) is 0 Å². The smallest absolute Gasteiger partial charge is 0.306 e. The van der Waals surface area contributed by atoms with E-state index < -0.39 is 0 Å². The fourth-order valence-electron chi connectivity index (χ4n) is 6.48. The lowest BCUT2D eigenvalue weighted by molar-refractivity contribution is -0.150. The van der Waals surface area contributed by atoms with Crippen LogP contribution in [-0.4, -0.2) is 87.4 Å². The van der Waals surface area contributed by atoms with Crippen molar-refractivity contribution in [3.63, 3.8) is 0 Å². The highest BCUT2D eigenvalue weighted by atomic mass is 16.6. The molecule has 0 aromatic heterocycles. The largest absolute Gasteiger partial charge is 0.464 e. The van der Waals surface area contributed by atoms with Crippen LogP contribution in [0.15, 0.2) is 0 Å². The van der Waals surface area contributed by atoms with E-state index in [-0.39, 0.29) is 55.3 Å². The molecule has 10 nitrogen and oxygen atoms in total. The lowest BCUT2D eigenvalue weighted by atomic mass is 10.1. The lowest BCUT2D eigenvalue weighted by Gasteiger charge is -2.19. The van der Waals surface area contributed by atoms with Gasteiger partial charge in [0, 0.05) is 25.7 Å². The van der Waals surface area contributed by atoms with Crippen molar-refractivity contribution in [2.24, 2.45) is 0 Å². The van der Waals surface area contributed by atoms with Crippen molar-refractivity contribution in [2.75, 3.05) is 40.4 Å². The highest BCUT2D eigenvalue weighted by Crippen LogP contribution is 2.16. The fraction of sp³-hybridized carbons (Fsp3) is 0.911. The number of carbonyl (C=O) groups excluding carboxylic acids is 4.